The highest BCUT2D eigenvalue weighted by Crippen LogP contribution is 2.40. The third-order valence-corrected chi connectivity index (χ3v) is 7.66. The van der Waals surface area contributed by atoms with E-state index >= 15 is 0 Å². The van der Waals surface area contributed by atoms with E-state index < -0.39 is 0 Å². The van der Waals surface area contributed by atoms with Crippen LogP contribution < -0.4 is 14.8 Å². The molecule has 0 bridgehead atoms. The maximum atomic E-state index is 12.8. The number of thiophene rings is 1. The Morgan fingerprint density at radius 3 is 2.73 bits per heavy atom. The van der Waals surface area contributed by atoms with Crippen molar-refractivity contribution in [1.82, 2.24) is 0 Å². The normalized spacial score (nSPS) is 14.8. The quantitative estimate of drug-likeness (QED) is 0.255. The van der Waals surface area contributed by atoms with Gasteiger partial charge in [0.1, 0.15) is 11.6 Å². The predicted octanol–water partition coefficient (Wildman–Crippen LogP) is 6.60. The number of carbonyl (C=O) groups excluding carboxylic acids is 2. The van der Waals surface area contributed by atoms with Gasteiger partial charge in [0.05, 0.1) is 19.3 Å². The first-order valence-corrected chi connectivity index (χ1v) is 13.4. The first kappa shape index (κ1) is 26.5. The second kappa shape index (κ2) is 12.1. The van der Waals surface area contributed by atoms with E-state index in [-0.39, 0.29) is 11.9 Å². The average molecular weight is 520 g/mol. The van der Waals surface area contributed by atoms with E-state index in [0.717, 1.165) is 40.8 Å². The molecule has 7 heteroatoms. The number of amides is 1. The summed E-state index contributed by atoms with van der Waals surface area (Å²) in [5.74, 6) is 1.09. The van der Waals surface area contributed by atoms with Crippen molar-refractivity contribution < 1.29 is 23.8 Å². The molecule has 6 nitrogen and oxygen atoms in total. The molecule has 3 aromatic rings. The van der Waals surface area contributed by atoms with Crippen LogP contribution in [-0.2, 0) is 29.0 Å². The molecular weight excluding hydrogens is 486 g/mol. The van der Waals surface area contributed by atoms with Gasteiger partial charge in [-0.3, -0.25) is 4.79 Å². The van der Waals surface area contributed by atoms with Gasteiger partial charge in [-0.25, -0.2) is 4.79 Å². The van der Waals surface area contributed by atoms with E-state index in [9.17, 15) is 9.59 Å². The lowest BCUT2D eigenvalue weighted by molar-refractivity contribution is -0.111. The lowest BCUT2D eigenvalue weighted by Crippen LogP contribution is -2.15. The van der Waals surface area contributed by atoms with Crippen molar-refractivity contribution in [3.05, 3.63) is 81.2 Å². The van der Waals surface area contributed by atoms with Crippen LogP contribution >= 0.6 is 11.3 Å². The Morgan fingerprint density at radius 2 is 1.97 bits per heavy atom. The zero-order chi connectivity index (χ0) is 26.4. The molecule has 1 amide bonds. The third kappa shape index (κ3) is 6.41. The zero-order valence-electron chi connectivity index (χ0n) is 21.8. The van der Waals surface area contributed by atoms with Gasteiger partial charge in [0, 0.05) is 11.0 Å². The van der Waals surface area contributed by atoms with Crippen molar-refractivity contribution in [2.45, 2.75) is 46.6 Å². The zero-order valence-corrected chi connectivity index (χ0v) is 22.6. The lowest BCUT2D eigenvalue weighted by Gasteiger charge is -2.18. The average Bonchev–Trinajstić information content (AvgIpc) is 3.24. The fourth-order valence-electron chi connectivity index (χ4n) is 4.42. The van der Waals surface area contributed by atoms with Gasteiger partial charge < -0.3 is 19.5 Å². The Kier molecular flexibility index (Phi) is 8.66. The number of fused-ring (bicyclic) bond motifs is 1. The van der Waals surface area contributed by atoms with Gasteiger partial charge in [0.25, 0.3) is 0 Å². The van der Waals surface area contributed by atoms with Gasteiger partial charge in [-0.1, -0.05) is 37.3 Å². The van der Waals surface area contributed by atoms with Gasteiger partial charge in [0.2, 0.25) is 5.91 Å². The molecule has 1 unspecified atom stereocenters. The maximum Gasteiger partial charge on any atom is 0.341 e. The molecule has 0 fully saturated rings. The Morgan fingerprint density at radius 1 is 1.16 bits per heavy atom. The van der Waals surface area contributed by atoms with Gasteiger partial charge in [-0.15, -0.1) is 11.3 Å². The lowest BCUT2D eigenvalue weighted by atomic mass is 9.88. The minimum absolute atomic E-state index is 0.291. The number of anilines is 1. The second-order valence-corrected chi connectivity index (χ2v) is 10.3. The summed E-state index contributed by atoms with van der Waals surface area (Å²) < 4.78 is 16.8. The highest BCUT2D eigenvalue weighted by Gasteiger charge is 2.28. The van der Waals surface area contributed by atoms with Crippen LogP contribution in [0.2, 0.25) is 0 Å². The standard InChI is InChI=1S/C30H33NO5S/c1-5-35-30(33)28-23-13-10-19(2)16-26(23)37-29(28)31-27(32)15-12-21-11-14-24(25(17-21)34-4)36-18-22-9-7-6-8-20(22)3/h6-9,11-12,14-15,17,19H,5,10,13,16,18H2,1-4H3,(H,31,32). The van der Waals surface area contributed by atoms with Crippen LogP contribution in [0.4, 0.5) is 5.00 Å². The number of esters is 1. The number of rotatable bonds is 9. The minimum atomic E-state index is -0.375. The van der Waals surface area contributed by atoms with E-state index in [1.54, 1.807) is 20.1 Å². The van der Waals surface area contributed by atoms with Crippen molar-refractivity contribution in [1.29, 1.82) is 0 Å². The molecule has 1 N–H and O–H groups in total. The van der Waals surface area contributed by atoms with E-state index in [1.165, 1.54) is 23.0 Å². The highest BCUT2D eigenvalue weighted by molar-refractivity contribution is 7.17. The van der Waals surface area contributed by atoms with Crippen molar-refractivity contribution >= 4 is 34.3 Å². The number of hydrogen-bond acceptors (Lipinski definition) is 6. The molecular formula is C30H33NO5S. The Hall–Kier alpha value is -3.58. The fraction of sp³-hybridized carbons (Fsp3) is 0.333. The van der Waals surface area contributed by atoms with E-state index in [1.807, 2.05) is 36.4 Å². The van der Waals surface area contributed by atoms with Gasteiger partial charge in [-0.2, -0.15) is 0 Å². The smallest absolute Gasteiger partial charge is 0.341 e. The van der Waals surface area contributed by atoms with Crippen molar-refractivity contribution in [2.24, 2.45) is 5.92 Å². The summed E-state index contributed by atoms with van der Waals surface area (Å²) in [5, 5.41) is 3.47. The number of carbonyl (C=O) groups is 2. The maximum absolute atomic E-state index is 12.8. The molecule has 1 aromatic heterocycles. The summed E-state index contributed by atoms with van der Waals surface area (Å²) in [7, 11) is 1.59. The number of nitrogens with one attached hydrogen (secondary N) is 1. The Labute approximate surface area is 222 Å². The molecule has 1 aliphatic rings. The highest BCUT2D eigenvalue weighted by atomic mass is 32.1. The number of methoxy groups -OCH3 is 1. The van der Waals surface area contributed by atoms with Crippen LogP contribution in [0.15, 0.2) is 48.5 Å². The van der Waals surface area contributed by atoms with E-state index in [0.29, 0.717) is 41.2 Å². The molecule has 4 rings (SSSR count). The fourth-order valence-corrected chi connectivity index (χ4v) is 5.82. The van der Waals surface area contributed by atoms with Crippen molar-refractivity contribution in [2.75, 3.05) is 19.0 Å². The molecule has 37 heavy (non-hydrogen) atoms. The first-order valence-electron chi connectivity index (χ1n) is 12.6. The van der Waals surface area contributed by atoms with Crippen LogP contribution in [0.25, 0.3) is 6.08 Å². The minimum Gasteiger partial charge on any atom is -0.493 e. The molecule has 1 aliphatic carbocycles. The summed E-state index contributed by atoms with van der Waals surface area (Å²) >= 11 is 1.48. The number of ether oxygens (including phenoxy) is 3. The van der Waals surface area contributed by atoms with Crippen molar-refractivity contribution in [3.63, 3.8) is 0 Å². The SMILES string of the molecule is CCOC(=O)c1c(NC(=O)C=Cc2ccc(OCc3ccccc3C)c(OC)c2)sc2c1CCC(C)C2. The number of aryl methyl sites for hydroxylation is 1. The van der Waals surface area contributed by atoms with Crippen LogP contribution in [0.5, 0.6) is 11.5 Å². The van der Waals surface area contributed by atoms with E-state index in [2.05, 4.69) is 25.2 Å². The molecule has 0 spiro atoms. The molecule has 1 atom stereocenters. The van der Waals surface area contributed by atoms with Crippen LogP contribution in [-0.4, -0.2) is 25.6 Å². The third-order valence-electron chi connectivity index (χ3n) is 6.49. The number of hydrogen-bond donors (Lipinski definition) is 1. The summed E-state index contributed by atoms with van der Waals surface area (Å²) in [5.41, 5.74) is 4.59. The first-order chi connectivity index (χ1) is 17.9. The van der Waals surface area contributed by atoms with Gasteiger partial charge in [0.15, 0.2) is 11.5 Å². The molecule has 0 saturated heterocycles. The summed E-state index contributed by atoms with van der Waals surface area (Å²) in [6, 6.07) is 13.6. The second-order valence-electron chi connectivity index (χ2n) is 9.22. The van der Waals surface area contributed by atoms with Gasteiger partial charge in [-0.05, 0) is 79.5 Å². The van der Waals surface area contributed by atoms with Crippen molar-refractivity contribution in [3.8, 4) is 11.5 Å². The Balaban J connectivity index is 1.46. The molecule has 194 valence electrons. The molecule has 0 aliphatic heterocycles. The topological polar surface area (TPSA) is 73.9 Å². The summed E-state index contributed by atoms with van der Waals surface area (Å²) in [4.78, 5) is 26.7. The Bertz CT molecular complexity index is 1310. The largest absolute Gasteiger partial charge is 0.493 e. The van der Waals surface area contributed by atoms with Crippen LogP contribution in [0.1, 0.15) is 57.8 Å². The van der Waals surface area contributed by atoms with Crippen LogP contribution in [0, 0.1) is 12.8 Å². The molecule has 2 aromatic carbocycles. The molecule has 0 saturated carbocycles. The van der Waals surface area contributed by atoms with E-state index in [4.69, 9.17) is 14.2 Å². The van der Waals surface area contributed by atoms with Crippen LogP contribution in [0.3, 0.4) is 0 Å². The molecule has 0 radical (unpaired) electrons. The monoisotopic (exact) mass is 519 g/mol. The molecule has 1 heterocycles. The predicted molar refractivity (Wildman–Crippen MR) is 148 cm³/mol. The summed E-state index contributed by atoms with van der Waals surface area (Å²) in [6.45, 7) is 6.77. The summed E-state index contributed by atoms with van der Waals surface area (Å²) in [6.07, 6.45) is 5.93. The van der Waals surface area contributed by atoms with Gasteiger partial charge >= 0.3 is 5.97 Å². The number of benzene rings is 2.